The summed E-state index contributed by atoms with van der Waals surface area (Å²) in [4.78, 5) is 37.9. The molecule has 23 heavy (non-hydrogen) atoms. The number of aryl methyl sites for hydroxylation is 2. The summed E-state index contributed by atoms with van der Waals surface area (Å²) in [5.41, 5.74) is 3.13. The molecular weight excluding hydrogens is 294 g/mol. The van der Waals surface area contributed by atoms with Crippen LogP contribution in [0.4, 0.5) is 0 Å². The summed E-state index contributed by atoms with van der Waals surface area (Å²) in [6.07, 6.45) is 2.75. The van der Waals surface area contributed by atoms with Gasteiger partial charge in [-0.1, -0.05) is 6.07 Å². The summed E-state index contributed by atoms with van der Waals surface area (Å²) >= 11 is 0. The summed E-state index contributed by atoms with van der Waals surface area (Å²) in [5, 5.41) is 0. The van der Waals surface area contributed by atoms with Crippen molar-refractivity contribution in [2.75, 3.05) is 13.1 Å². The van der Waals surface area contributed by atoms with Crippen LogP contribution in [-0.4, -0.2) is 39.3 Å². The summed E-state index contributed by atoms with van der Waals surface area (Å²) in [5.74, 6) is -0.0327. The molecule has 3 rings (SSSR count). The van der Waals surface area contributed by atoms with Crippen LogP contribution < -0.4 is 5.69 Å². The molecule has 2 heterocycles. The summed E-state index contributed by atoms with van der Waals surface area (Å²) in [7, 11) is 0. The zero-order valence-corrected chi connectivity index (χ0v) is 13.5. The zero-order chi connectivity index (χ0) is 16.6. The maximum absolute atomic E-state index is 12.7. The fraction of sp³-hybridized carbons (Fsp3) is 0.471. The first-order valence-corrected chi connectivity index (χ1v) is 7.94. The molecule has 1 aromatic heterocycles. The molecule has 0 spiro atoms. The van der Waals surface area contributed by atoms with Crippen LogP contribution in [0, 0.1) is 13.8 Å². The van der Waals surface area contributed by atoms with Gasteiger partial charge < -0.3 is 9.69 Å². The number of carbonyl (C=O) groups excluding carboxylic acids is 2. The van der Waals surface area contributed by atoms with Crippen molar-refractivity contribution < 1.29 is 9.59 Å². The van der Waals surface area contributed by atoms with Gasteiger partial charge in [0.1, 0.15) is 12.8 Å². The fourth-order valence-electron chi connectivity index (χ4n) is 3.44. The van der Waals surface area contributed by atoms with E-state index >= 15 is 0 Å². The Morgan fingerprint density at radius 2 is 1.87 bits per heavy atom. The molecule has 0 saturated carbocycles. The van der Waals surface area contributed by atoms with Crippen LogP contribution >= 0.6 is 0 Å². The van der Waals surface area contributed by atoms with Gasteiger partial charge in [0.2, 0.25) is 5.91 Å². The number of benzene rings is 1. The van der Waals surface area contributed by atoms with Crippen molar-refractivity contribution >= 4 is 23.2 Å². The Bertz CT molecular complexity index is 826. The predicted octanol–water partition coefficient (Wildman–Crippen LogP) is 1.24. The Hall–Kier alpha value is -2.37. The maximum Gasteiger partial charge on any atom is 0.329 e. The number of imidazole rings is 1. The molecule has 1 aromatic carbocycles. The van der Waals surface area contributed by atoms with Gasteiger partial charge in [0, 0.05) is 13.1 Å². The van der Waals surface area contributed by atoms with E-state index in [1.807, 2.05) is 26.0 Å². The summed E-state index contributed by atoms with van der Waals surface area (Å²) in [6.45, 7) is 5.44. The first kappa shape index (κ1) is 15.5. The second-order valence-electron chi connectivity index (χ2n) is 6.18. The van der Waals surface area contributed by atoms with Gasteiger partial charge >= 0.3 is 5.69 Å². The average Bonchev–Trinajstić information content (AvgIpc) is 3.10. The van der Waals surface area contributed by atoms with Crippen LogP contribution in [0.3, 0.4) is 0 Å². The Kier molecular flexibility index (Phi) is 4.07. The Labute approximate surface area is 134 Å². The van der Waals surface area contributed by atoms with Crippen molar-refractivity contribution in [3.63, 3.8) is 0 Å². The van der Waals surface area contributed by atoms with Gasteiger partial charge in [0.25, 0.3) is 0 Å². The molecule has 0 aliphatic carbocycles. The first-order chi connectivity index (χ1) is 11.0. The number of hydrogen-bond acceptors (Lipinski definition) is 3. The second-order valence-corrected chi connectivity index (χ2v) is 6.18. The van der Waals surface area contributed by atoms with E-state index in [-0.39, 0.29) is 24.7 Å². The van der Waals surface area contributed by atoms with Crippen LogP contribution in [0.1, 0.15) is 24.0 Å². The van der Waals surface area contributed by atoms with Gasteiger partial charge in [0.15, 0.2) is 0 Å². The lowest BCUT2D eigenvalue weighted by molar-refractivity contribution is -0.130. The zero-order valence-electron chi connectivity index (χ0n) is 13.5. The van der Waals surface area contributed by atoms with Gasteiger partial charge in [0.05, 0.1) is 17.6 Å². The quantitative estimate of drug-likeness (QED) is 0.798. The molecule has 0 N–H and O–H groups in total. The molecule has 0 unspecified atom stereocenters. The molecule has 6 heteroatoms. The number of aldehydes is 1. The Morgan fingerprint density at radius 1 is 1.17 bits per heavy atom. The molecule has 0 radical (unpaired) electrons. The molecular formula is C17H21N3O3. The number of carbonyl (C=O) groups is 2. The standard InChI is InChI=1S/C17H21N3O3/c1-12-9-13(2)16-14(10-12)19(7-8-21)17(23)20(16)11-15(22)18-5-3-4-6-18/h8-10H,3-7,11H2,1-2H3. The number of nitrogens with zero attached hydrogens (tertiary/aromatic N) is 3. The van der Waals surface area contributed by atoms with E-state index in [2.05, 4.69) is 0 Å². The van der Waals surface area contributed by atoms with E-state index in [0.717, 1.165) is 42.6 Å². The number of aromatic nitrogens is 2. The third-order valence-electron chi connectivity index (χ3n) is 4.46. The van der Waals surface area contributed by atoms with Crippen LogP contribution in [-0.2, 0) is 22.7 Å². The van der Waals surface area contributed by atoms with Crippen LogP contribution in [0.15, 0.2) is 16.9 Å². The number of likely N-dealkylation sites (tertiary alicyclic amines) is 1. The molecule has 122 valence electrons. The lowest BCUT2D eigenvalue weighted by Crippen LogP contribution is -2.35. The molecule has 1 aliphatic rings. The molecule has 6 nitrogen and oxygen atoms in total. The van der Waals surface area contributed by atoms with E-state index < -0.39 is 0 Å². The van der Waals surface area contributed by atoms with E-state index in [9.17, 15) is 14.4 Å². The highest BCUT2D eigenvalue weighted by Gasteiger charge is 2.22. The normalized spacial score (nSPS) is 14.6. The van der Waals surface area contributed by atoms with Crippen molar-refractivity contribution in [2.45, 2.75) is 39.8 Å². The minimum atomic E-state index is -0.298. The molecule has 1 amide bonds. The number of fused-ring (bicyclic) bond motifs is 1. The maximum atomic E-state index is 12.7. The van der Waals surface area contributed by atoms with E-state index in [0.29, 0.717) is 11.8 Å². The van der Waals surface area contributed by atoms with Crippen molar-refractivity contribution in [1.82, 2.24) is 14.0 Å². The first-order valence-electron chi connectivity index (χ1n) is 7.94. The summed E-state index contributed by atoms with van der Waals surface area (Å²) < 4.78 is 2.95. The molecule has 1 aliphatic heterocycles. The largest absolute Gasteiger partial charge is 0.341 e. The predicted molar refractivity (Wildman–Crippen MR) is 87.6 cm³/mol. The van der Waals surface area contributed by atoms with Crippen LogP contribution in [0.2, 0.25) is 0 Å². The monoisotopic (exact) mass is 315 g/mol. The van der Waals surface area contributed by atoms with E-state index in [4.69, 9.17) is 0 Å². The molecule has 0 bridgehead atoms. The summed E-state index contributed by atoms with van der Waals surface area (Å²) in [6, 6.07) is 3.88. The van der Waals surface area contributed by atoms with E-state index in [1.165, 1.54) is 9.13 Å². The average molecular weight is 315 g/mol. The highest BCUT2D eigenvalue weighted by Crippen LogP contribution is 2.20. The lowest BCUT2D eigenvalue weighted by atomic mass is 10.1. The van der Waals surface area contributed by atoms with Crippen molar-refractivity contribution in [1.29, 1.82) is 0 Å². The Balaban J connectivity index is 2.12. The Morgan fingerprint density at radius 3 is 2.52 bits per heavy atom. The van der Waals surface area contributed by atoms with Crippen LogP contribution in [0.5, 0.6) is 0 Å². The van der Waals surface area contributed by atoms with Crippen LogP contribution in [0.25, 0.3) is 11.0 Å². The van der Waals surface area contributed by atoms with Gasteiger partial charge in [-0.3, -0.25) is 13.9 Å². The second kappa shape index (κ2) is 6.02. The topological polar surface area (TPSA) is 64.3 Å². The number of rotatable bonds is 4. The highest BCUT2D eigenvalue weighted by atomic mass is 16.2. The molecule has 2 aromatic rings. The molecule has 0 atom stereocenters. The highest BCUT2D eigenvalue weighted by molar-refractivity contribution is 5.84. The molecule has 1 fully saturated rings. The lowest BCUT2D eigenvalue weighted by Gasteiger charge is -2.15. The van der Waals surface area contributed by atoms with E-state index in [1.54, 1.807) is 4.90 Å². The van der Waals surface area contributed by atoms with Gasteiger partial charge in [-0.2, -0.15) is 0 Å². The van der Waals surface area contributed by atoms with Gasteiger partial charge in [-0.05, 0) is 43.9 Å². The third kappa shape index (κ3) is 2.69. The van der Waals surface area contributed by atoms with Crippen molar-refractivity contribution in [3.05, 3.63) is 33.7 Å². The van der Waals surface area contributed by atoms with Gasteiger partial charge in [-0.25, -0.2) is 4.79 Å². The van der Waals surface area contributed by atoms with Crippen molar-refractivity contribution in [2.24, 2.45) is 0 Å². The minimum Gasteiger partial charge on any atom is -0.341 e. The fourth-order valence-corrected chi connectivity index (χ4v) is 3.44. The SMILES string of the molecule is Cc1cc(C)c2c(c1)n(CC=O)c(=O)n2CC(=O)N1CCCC1. The molecule has 1 saturated heterocycles. The minimum absolute atomic E-state index is 0.00311. The number of amides is 1. The van der Waals surface area contributed by atoms with Gasteiger partial charge in [-0.15, -0.1) is 0 Å². The number of hydrogen-bond donors (Lipinski definition) is 0. The smallest absolute Gasteiger partial charge is 0.329 e. The van der Waals surface area contributed by atoms with Crippen molar-refractivity contribution in [3.8, 4) is 0 Å². The third-order valence-corrected chi connectivity index (χ3v) is 4.46.